The molecule has 0 bridgehead atoms. The molecule has 94 valence electrons. The summed E-state index contributed by atoms with van der Waals surface area (Å²) in [5, 5.41) is 0.692. The van der Waals surface area contributed by atoms with Crippen LogP contribution in [0.4, 0.5) is 0 Å². The van der Waals surface area contributed by atoms with Gasteiger partial charge in [-0.2, -0.15) is 0 Å². The number of rotatable bonds is 4. The van der Waals surface area contributed by atoms with Gasteiger partial charge in [0.1, 0.15) is 5.82 Å². The topological polar surface area (TPSA) is 71.8 Å². The van der Waals surface area contributed by atoms with Crippen LogP contribution in [0.3, 0.4) is 0 Å². The highest BCUT2D eigenvalue weighted by atomic mass is 35.5. The molecule has 2 rings (SSSR count). The van der Waals surface area contributed by atoms with E-state index in [0.29, 0.717) is 22.3 Å². The quantitative estimate of drug-likeness (QED) is 0.843. The number of thioether (sulfide) groups is 1. The van der Waals surface area contributed by atoms with Crippen molar-refractivity contribution in [2.24, 2.45) is 5.73 Å². The number of benzene rings is 1. The fourth-order valence-corrected chi connectivity index (χ4v) is 2.52. The molecular weight excluding hydrogens is 270 g/mol. The molecule has 0 fully saturated rings. The first-order chi connectivity index (χ1) is 8.67. The number of aromatic nitrogens is 2. The Balaban J connectivity index is 2.10. The Bertz CT molecular complexity index is 600. The summed E-state index contributed by atoms with van der Waals surface area (Å²) in [5.41, 5.74) is 5.90. The van der Waals surface area contributed by atoms with Crippen LogP contribution in [-0.4, -0.2) is 9.97 Å². The van der Waals surface area contributed by atoms with Gasteiger partial charge in [-0.1, -0.05) is 17.7 Å². The largest absolute Gasteiger partial charge is 0.325 e. The van der Waals surface area contributed by atoms with Gasteiger partial charge in [-0.15, -0.1) is 11.8 Å². The van der Waals surface area contributed by atoms with Gasteiger partial charge in [-0.05, 0) is 18.2 Å². The van der Waals surface area contributed by atoms with Gasteiger partial charge in [0, 0.05) is 22.5 Å². The second kappa shape index (κ2) is 6.04. The van der Waals surface area contributed by atoms with Crippen molar-refractivity contribution >= 4 is 23.4 Å². The number of hydrogen-bond acceptors (Lipinski definition) is 4. The molecule has 1 aromatic heterocycles. The van der Waals surface area contributed by atoms with E-state index in [-0.39, 0.29) is 12.1 Å². The zero-order valence-corrected chi connectivity index (χ0v) is 11.1. The third-order valence-electron chi connectivity index (χ3n) is 2.22. The number of nitrogens with zero attached hydrogens (tertiary/aromatic N) is 1. The van der Waals surface area contributed by atoms with Crippen molar-refractivity contribution in [3.8, 4) is 0 Å². The summed E-state index contributed by atoms with van der Waals surface area (Å²) in [5.74, 6) is 1.19. The Morgan fingerprint density at radius 2 is 2.22 bits per heavy atom. The number of hydrogen-bond donors (Lipinski definition) is 2. The zero-order valence-electron chi connectivity index (χ0n) is 9.52. The predicted octanol–water partition coefficient (Wildman–Crippen LogP) is 2.17. The summed E-state index contributed by atoms with van der Waals surface area (Å²) in [6.07, 6.45) is 0. The summed E-state index contributed by atoms with van der Waals surface area (Å²) < 4.78 is 0. The Morgan fingerprint density at radius 1 is 1.39 bits per heavy atom. The van der Waals surface area contributed by atoms with Crippen LogP contribution in [-0.2, 0) is 12.3 Å². The lowest BCUT2D eigenvalue weighted by Gasteiger charge is -2.03. The SMILES string of the molecule is NCc1cc(=O)[nH]c(CSc2cccc(Cl)c2)n1. The molecule has 1 aromatic carbocycles. The second-order valence-corrected chi connectivity index (χ2v) is 5.12. The molecule has 2 aromatic rings. The molecule has 0 spiro atoms. The van der Waals surface area contributed by atoms with Gasteiger partial charge in [0.05, 0.1) is 11.4 Å². The minimum atomic E-state index is -0.174. The maximum Gasteiger partial charge on any atom is 0.251 e. The number of nitrogens with two attached hydrogens (primary N) is 1. The molecule has 0 saturated carbocycles. The number of aromatic amines is 1. The first-order valence-corrected chi connectivity index (χ1v) is 6.71. The highest BCUT2D eigenvalue weighted by molar-refractivity contribution is 7.98. The molecule has 0 radical (unpaired) electrons. The van der Waals surface area contributed by atoms with Crippen LogP contribution in [0.1, 0.15) is 11.5 Å². The average molecular weight is 282 g/mol. The molecule has 0 unspecified atom stereocenters. The van der Waals surface area contributed by atoms with E-state index in [9.17, 15) is 4.79 Å². The molecule has 4 nitrogen and oxygen atoms in total. The van der Waals surface area contributed by atoms with Crippen molar-refractivity contribution in [2.75, 3.05) is 0 Å². The summed E-state index contributed by atoms with van der Waals surface area (Å²) in [7, 11) is 0. The maximum absolute atomic E-state index is 11.4. The van der Waals surface area contributed by atoms with Gasteiger partial charge < -0.3 is 10.7 Å². The lowest BCUT2D eigenvalue weighted by Crippen LogP contribution is -2.14. The van der Waals surface area contributed by atoms with Gasteiger partial charge in [0.2, 0.25) is 0 Å². The first kappa shape index (κ1) is 13.1. The van der Waals surface area contributed by atoms with E-state index in [2.05, 4.69) is 9.97 Å². The van der Waals surface area contributed by atoms with E-state index < -0.39 is 0 Å². The molecule has 0 aliphatic heterocycles. The zero-order chi connectivity index (χ0) is 13.0. The van der Waals surface area contributed by atoms with Crippen molar-refractivity contribution in [1.29, 1.82) is 0 Å². The van der Waals surface area contributed by atoms with E-state index in [4.69, 9.17) is 17.3 Å². The number of H-pyrrole nitrogens is 1. The van der Waals surface area contributed by atoms with E-state index in [1.807, 2.05) is 24.3 Å². The summed E-state index contributed by atoms with van der Waals surface area (Å²) in [4.78, 5) is 19.3. The van der Waals surface area contributed by atoms with Crippen LogP contribution >= 0.6 is 23.4 Å². The first-order valence-electron chi connectivity index (χ1n) is 5.35. The number of nitrogens with one attached hydrogen (secondary N) is 1. The molecule has 0 atom stereocenters. The molecule has 0 saturated heterocycles. The van der Waals surface area contributed by atoms with Gasteiger partial charge >= 0.3 is 0 Å². The van der Waals surface area contributed by atoms with Gasteiger partial charge in [-0.3, -0.25) is 4.79 Å². The summed E-state index contributed by atoms with van der Waals surface area (Å²) in [6.45, 7) is 0.263. The van der Waals surface area contributed by atoms with Gasteiger partial charge in [-0.25, -0.2) is 4.98 Å². The van der Waals surface area contributed by atoms with E-state index >= 15 is 0 Å². The van der Waals surface area contributed by atoms with E-state index in [0.717, 1.165) is 4.90 Å². The van der Waals surface area contributed by atoms with Crippen LogP contribution in [0.2, 0.25) is 5.02 Å². The molecule has 0 aliphatic rings. The van der Waals surface area contributed by atoms with E-state index in [1.54, 1.807) is 11.8 Å². The molecule has 0 amide bonds. The third kappa shape index (κ3) is 3.60. The monoisotopic (exact) mass is 281 g/mol. The summed E-state index contributed by atoms with van der Waals surface area (Å²) >= 11 is 7.45. The smallest absolute Gasteiger partial charge is 0.251 e. The Kier molecular flexibility index (Phi) is 4.41. The van der Waals surface area contributed by atoms with Gasteiger partial charge in [0.25, 0.3) is 5.56 Å². The van der Waals surface area contributed by atoms with Crippen molar-refractivity contribution in [3.63, 3.8) is 0 Å². The van der Waals surface area contributed by atoms with Crippen LogP contribution in [0.15, 0.2) is 40.0 Å². The van der Waals surface area contributed by atoms with Gasteiger partial charge in [0.15, 0.2) is 0 Å². The maximum atomic E-state index is 11.4. The lowest BCUT2D eigenvalue weighted by atomic mass is 10.4. The molecule has 0 aliphatic carbocycles. The minimum Gasteiger partial charge on any atom is -0.325 e. The van der Waals surface area contributed by atoms with Crippen molar-refractivity contribution < 1.29 is 0 Å². The second-order valence-electron chi connectivity index (χ2n) is 3.63. The highest BCUT2D eigenvalue weighted by Gasteiger charge is 2.02. The van der Waals surface area contributed by atoms with E-state index in [1.165, 1.54) is 6.07 Å². The predicted molar refractivity (Wildman–Crippen MR) is 73.8 cm³/mol. The third-order valence-corrected chi connectivity index (χ3v) is 3.46. The van der Waals surface area contributed by atoms with Crippen LogP contribution in [0.25, 0.3) is 0 Å². The Morgan fingerprint density at radius 3 is 2.94 bits per heavy atom. The molecule has 6 heteroatoms. The fourth-order valence-electron chi connectivity index (χ4n) is 1.44. The molecule has 3 N–H and O–H groups in total. The summed E-state index contributed by atoms with van der Waals surface area (Å²) in [6, 6.07) is 8.95. The van der Waals surface area contributed by atoms with Crippen molar-refractivity contribution in [3.05, 3.63) is 57.2 Å². The van der Waals surface area contributed by atoms with Crippen LogP contribution < -0.4 is 11.3 Å². The number of halogens is 1. The molecular formula is C12H12ClN3OS. The fraction of sp³-hybridized carbons (Fsp3) is 0.167. The van der Waals surface area contributed by atoms with Crippen LogP contribution in [0.5, 0.6) is 0 Å². The van der Waals surface area contributed by atoms with Crippen molar-refractivity contribution in [2.45, 2.75) is 17.2 Å². The molecule has 1 heterocycles. The Hall–Kier alpha value is -1.30. The Labute approximate surface area is 114 Å². The average Bonchev–Trinajstić information content (AvgIpc) is 2.36. The minimum absolute atomic E-state index is 0.174. The highest BCUT2D eigenvalue weighted by Crippen LogP contribution is 2.23. The standard InChI is InChI=1S/C12H12ClN3OS/c13-8-2-1-3-10(4-8)18-7-11-15-9(6-14)5-12(17)16-11/h1-5H,6-7,14H2,(H,15,16,17). The normalized spacial score (nSPS) is 10.6. The molecule has 18 heavy (non-hydrogen) atoms. The van der Waals surface area contributed by atoms with Crippen LogP contribution in [0, 0.1) is 0 Å². The van der Waals surface area contributed by atoms with Crippen molar-refractivity contribution in [1.82, 2.24) is 9.97 Å². The lowest BCUT2D eigenvalue weighted by molar-refractivity contribution is 0.902.